The quantitative estimate of drug-likeness (QED) is 0.735. The topological polar surface area (TPSA) is 55.4 Å². The van der Waals surface area contributed by atoms with Crippen molar-refractivity contribution in [3.63, 3.8) is 0 Å². The minimum atomic E-state index is -0.936. The maximum atomic E-state index is 12.4. The molecule has 2 aromatic carbocycles. The monoisotopic (exact) mass is 359 g/mol. The molecule has 1 amide bonds. The number of hydrogen-bond acceptors (Lipinski definition) is 3. The summed E-state index contributed by atoms with van der Waals surface area (Å²) in [5.74, 6) is -0.683. The Morgan fingerprint density at radius 2 is 1.72 bits per heavy atom. The normalized spacial score (nSPS) is 13.0. The van der Waals surface area contributed by atoms with Gasteiger partial charge in [0.05, 0.1) is 10.6 Å². The van der Waals surface area contributed by atoms with Crippen molar-refractivity contribution in [2.24, 2.45) is 0 Å². The molecule has 4 nitrogen and oxygen atoms in total. The van der Waals surface area contributed by atoms with Crippen LogP contribution in [0.1, 0.15) is 49.0 Å². The largest absolute Gasteiger partial charge is 0.449 e. The second-order valence-electron chi connectivity index (χ2n) is 5.91. The first-order valence-corrected chi connectivity index (χ1v) is 8.67. The lowest BCUT2D eigenvalue weighted by atomic mass is 9.97. The summed E-state index contributed by atoms with van der Waals surface area (Å²) in [6, 6.07) is 14.2. The van der Waals surface area contributed by atoms with Crippen LogP contribution in [-0.4, -0.2) is 18.0 Å². The zero-order valence-corrected chi connectivity index (χ0v) is 15.3. The van der Waals surface area contributed by atoms with E-state index in [2.05, 4.69) is 19.2 Å². The van der Waals surface area contributed by atoms with Gasteiger partial charge in [-0.05, 0) is 43.0 Å². The molecule has 0 spiro atoms. The zero-order chi connectivity index (χ0) is 18.4. The average Bonchev–Trinajstić information content (AvgIpc) is 2.61. The van der Waals surface area contributed by atoms with Gasteiger partial charge < -0.3 is 10.1 Å². The van der Waals surface area contributed by atoms with Gasteiger partial charge in [0.2, 0.25) is 0 Å². The highest BCUT2D eigenvalue weighted by atomic mass is 35.5. The minimum absolute atomic E-state index is 0.240. The fourth-order valence-corrected chi connectivity index (χ4v) is 2.61. The van der Waals surface area contributed by atoms with Crippen LogP contribution < -0.4 is 5.32 Å². The Kier molecular flexibility index (Phi) is 6.59. The minimum Gasteiger partial charge on any atom is -0.449 e. The van der Waals surface area contributed by atoms with Crippen molar-refractivity contribution in [3.05, 3.63) is 64.7 Å². The Morgan fingerprint density at radius 3 is 2.40 bits per heavy atom. The number of carbonyl (C=O) groups is 2. The third-order valence-corrected chi connectivity index (χ3v) is 4.44. The van der Waals surface area contributed by atoms with Gasteiger partial charge >= 0.3 is 5.97 Å². The van der Waals surface area contributed by atoms with Crippen molar-refractivity contribution in [2.45, 2.75) is 39.2 Å². The fraction of sp³-hybridized carbons (Fsp3) is 0.300. The molecule has 0 aliphatic rings. The zero-order valence-electron chi connectivity index (χ0n) is 14.6. The number of amides is 1. The third kappa shape index (κ3) is 4.83. The number of para-hydroxylation sites is 1. The first kappa shape index (κ1) is 19.0. The molecule has 1 N–H and O–H groups in total. The molecule has 0 aromatic heterocycles. The predicted octanol–water partition coefficient (Wildman–Crippen LogP) is 5.04. The van der Waals surface area contributed by atoms with Gasteiger partial charge in [-0.2, -0.15) is 0 Å². The van der Waals surface area contributed by atoms with Crippen LogP contribution in [0, 0.1) is 0 Å². The van der Waals surface area contributed by atoms with Crippen LogP contribution in [0.4, 0.5) is 5.69 Å². The van der Waals surface area contributed by atoms with Crippen molar-refractivity contribution in [3.8, 4) is 0 Å². The third-order valence-electron chi connectivity index (χ3n) is 4.11. The lowest BCUT2D eigenvalue weighted by Crippen LogP contribution is -2.30. The number of ether oxygens (including phenoxy) is 1. The van der Waals surface area contributed by atoms with Crippen LogP contribution in [-0.2, 0) is 9.53 Å². The van der Waals surface area contributed by atoms with Gasteiger partial charge in [0.1, 0.15) is 0 Å². The fourth-order valence-electron chi connectivity index (χ4n) is 2.40. The highest BCUT2D eigenvalue weighted by Gasteiger charge is 2.21. The maximum absolute atomic E-state index is 12.4. The van der Waals surface area contributed by atoms with E-state index in [0.29, 0.717) is 10.9 Å². The lowest BCUT2D eigenvalue weighted by Gasteiger charge is -2.18. The Bertz CT molecular complexity index is 760. The van der Waals surface area contributed by atoms with Crippen LogP contribution >= 0.6 is 11.6 Å². The molecule has 0 aliphatic heterocycles. The summed E-state index contributed by atoms with van der Waals surface area (Å²) in [7, 11) is 0. The van der Waals surface area contributed by atoms with E-state index < -0.39 is 12.1 Å². The van der Waals surface area contributed by atoms with E-state index in [9.17, 15) is 9.59 Å². The average molecular weight is 360 g/mol. The molecule has 2 rings (SSSR count). The van der Waals surface area contributed by atoms with Crippen molar-refractivity contribution >= 4 is 29.2 Å². The Balaban J connectivity index is 2.06. The molecule has 0 fully saturated rings. The van der Waals surface area contributed by atoms with Gasteiger partial charge in [-0.25, -0.2) is 4.79 Å². The summed E-state index contributed by atoms with van der Waals surface area (Å²) in [5, 5.41) is 3.14. The van der Waals surface area contributed by atoms with Gasteiger partial charge in [0.25, 0.3) is 5.91 Å². The molecule has 0 heterocycles. The molecule has 2 atom stereocenters. The molecule has 0 saturated heterocycles. The SMILES string of the molecule is CC[C@@H](C)c1ccccc1NC(=O)[C@@H](C)OC(=O)c1ccccc1Cl. The van der Waals surface area contributed by atoms with Crippen LogP contribution in [0.15, 0.2) is 48.5 Å². The van der Waals surface area contributed by atoms with Crippen LogP contribution in [0.25, 0.3) is 0 Å². The molecule has 0 saturated carbocycles. The summed E-state index contributed by atoms with van der Waals surface area (Å²) in [4.78, 5) is 24.6. The van der Waals surface area contributed by atoms with Gasteiger partial charge in [-0.3, -0.25) is 4.79 Å². The predicted molar refractivity (Wildman–Crippen MR) is 100 cm³/mol. The van der Waals surface area contributed by atoms with E-state index in [4.69, 9.17) is 16.3 Å². The number of esters is 1. The van der Waals surface area contributed by atoms with Gasteiger partial charge in [0, 0.05) is 5.69 Å². The Morgan fingerprint density at radius 1 is 1.08 bits per heavy atom. The van der Waals surface area contributed by atoms with E-state index >= 15 is 0 Å². The summed E-state index contributed by atoms with van der Waals surface area (Å²) in [6.45, 7) is 5.74. The molecule has 132 valence electrons. The van der Waals surface area contributed by atoms with Crippen molar-refractivity contribution in [2.75, 3.05) is 5.32 Å². The Hall–Kier alpha value is -2.33. The number of anilines is 1. The molecule has 0 aliphatic carbocycles. The van der Waals surface area contributed by atoms with Crippen LogP contribution in [0.5, 0.6) is 0 Å². The second-order valence-corrected chi connectivity index (χ2v) is 6.32. The van der Waals surface area contributed by atoms with Crippen molar-refractivity contribution in [1.29, 1.82) is 0 Å². The molecule has 2 aromatic rings. The van der Waals surface area contributed by atoms with E-state index in [1.807, 2.05) is 24.3 Å². The number of halogens is 1. The molecule has 0 bridgehead atoms. The van der Waals surface area contributed by atoms with E-state index in [1.54, 1.807) is 24.3 Å². The van der Waals surface area contributed by atoms with Crippen molar-refractivity contribution in [1.82, 2.24) is 0 Å². The van der Waals surface area contributed by atoms with E-state index in [1.165, 1.54) is 6.92 Å². The van der Waals surface area contributed by atoms with Gasteiger partial charge in [-0.15, -0.1) is 0 Å². The lowest BCUT2D eigenvalue weighted by molar-refractivity contribution is -0.123. The van der Waals surface area contributed by atoms with E-state index in [-0.39, 0.29) is 11.5 Å². The first-order valence-electron chi connectivity index (χ1n) is 8.29. The molecular formula is C20H22ClNO3. The summed E-state index contributed by atoms with van der Waals surface area (Å²) >= 11 is 5.98. The molecule has 5 heteroatoms. The Labute approximate surface area is 153 Å². The van der Waals surface area contributed by atoms with Crippen LogP contribution in [0.2, 0.25) is 5.02 Å². The maximum Gasteiger partial charge on any atom is 0.340 e. The summed E-state index contributed by atoms with van der Waals surface area (Å²) in [5.41, 5.74) is 2.04. The number of benzene rings is 2. The molecule has 25 heavy (non-hydrogen) atoms. The van der Waals surface area contributed by atoms with Crippen molar-refractivity contribution < 1.29 is 14.3 Å². The second kappa shape index (κ2) is 8.67. The smallest absolute Gasteiger partial charge is 0.340 e. The number of nitrogens with one attached hydrogen (secondary N) is 1. The first-order chi connectivity index (χ1) is 11.9. The number of carbonyl (C=O) groups excluding carboxylic acids is 2. The number of hydrogen-bond donors (Lipinski definition) is 1. The van der Waals surface area contributed by atoms with Gasteiger partial charge in [-0.1, -0.05) is 55.8 Å². The summed E-state index contributed by atoms with van der Waals surface area (Å²) in [6.07, 6.45) is 0.0259. The standard InChI is InChI=1S/C20H22ClNO3/c1-4-13(2)15-9-6-8-12-18(15)22-19(23)14(3)25-20(24)16-10-5-7-11-17(16)21/h5-14H,4H2,1-3H3,(H,22,23)/t13-,14-/m1/s1. The van der Waals surface area contributed by atoms with E-state index in [0.717, 1.165) is 17.7 Å². The summed E-state index contributed by atoms with van der Waals surface area (Å²) < 4.78 is 5.24. The van der Waals surface area contributed by atoms with Gasteiger partial charge in [0.15, 0.2) is 6.10 Å². The van der Waals surface area contributed by atoms with Crippen LogP contribution in [0.3, 0.4) is 0 Å². The highest BCUT2D eigenvalue weighted by molar-refractivity contribution is 6.33. The highest BCUT2D eigenvalue weighted by Crippen LogP contribution is 2.26. The number of rotatable bonds is 6. The molecular weight excluding hydrogens is 338 g/mol. The molecule has 0 radical (unpaired) electrons. The molecule has 0 unspecified atom stereocenters.